The number of carbonyl (C=O) groups is 2. The number of aromatic amines is 1. The highest BCUT2D eigenvalue weighted by atomic mass is 35.5. The average Bonchev–Trinajstić information content (AvgIpc) is 3.05. The number of halogens is 1. The number of carbonyl (C=O) groups excluding carboxylic acids is 2. The summed E-state index contributed by atoms with van der Waals surface area (Å²) < 4.78 is 15.2. The smallest absolute Gasteiger partial charge is 0.338 e. The van der Waals surface area contributed by atoms with Crippen LogP contribution in [0.15, 0.2) is 30.5 Å². The molecule has 1 aromatic carbocycles. The molecule has 0 aliphatic carbocycles. The first kappa shape index (κ1) is 15.9. The Morgan fingerprint density at radius 3 is 2.59 bits per heavy atom. The first-order valence-corrected chi connectivity index (χ1v) is 6.70. The standard InChI is InChI=1S/C15H14ClNO5/c1-20-13-7-9(6-10(16)14(13)21-2)15(19)22-8-12(18)11-4-3-5-17-11/h3-7,17H,8H2,1-2H3. The fourth-order valence-corrected chi connectivity index (χ4v) is 2.12. The summed E-state index contributed by atoms with van der Waals surface area (Å²) in [5.74, 6) is -0.381. The highest BCUT2D eigenvalue weighted by Crippen LogP contribution is 2.36. The molecule has 7 heteroatoms. The number of rotatable bonds is 6. The van der Waals surface area contributed by atoms with Crippen LogP contribution in [0.2, 0.25) is 5.02 Å². The largest absolute Gasteiger partial charge is 0.493 e. The van der Waals surface area contributed by atoms with Gasteiger partial charge in [0.25, 0.3) is 0 Å². The number of Topliss-reactive ketones (excluding diaryl/α,β-unsaturated/α-hetero) is 1. The Labute approximate surface area is 131 Å². The number of ether oxygens (including phenoxy) is 3. The van der Waals surface area contributed by atoms with E-state index < -0.39 is 5.97 Å². The van der Waals surface area contributed by atoms with Gasteiger partial charge in [-0.25, -0.2) is 4.79 Å². The molecule has 0 unspecified atom stereocenters. The molecule has 0 saturated heterocycles. The molecule has 22 heavy (non-hydrogen) atoms. The van der Waals surface area contributed by atoms with Crippen LogP contribution in [0.1, 0.15) is 20.8 Å². The van der Waals surface area contributed by atoms with E-state index in [1.807, 2.05) is 0 Å². The summed E-state index contributed by atoms with van der Waals surface area (Å²) in [5, 5.41) is 0.212. The van der Waals surface area contributed by atoms with Crippen molar-refractivity contribution >= 4 is 23.4 Å². The van der Waals surface area contributed by atoms with Gasteiger partial charge in [0.1, 0.15) is 0 Å². The quantitative estimate of drug-likeness (QED) is 0.653. The van der Waals surface area contributed by atoms with E-state index >= 15 is 0 Å². The molecule has 0 aliphatic heterocycles. The number of methoxy groups -OCH3 is 2. The monoisotopic (exact) mass is 323 g/mol. The molecule has 0 aliphatic rings. The second-order valence-corrected chi connectivity index (χ2v) is 4.68. The number of ketones is 1. The van der Waals surface area contributed by atoms with Gasteiger partial charge in [0.15, 0.2) is 18.1 Å². The molecule has 0 amide bonds. The maximum absolute atomic E-state index is 12.0. The summed E-state index contributed by atoms with van der Waals surface area (Å²) in [6.45, 7) is -0.370. The third kappa shape index (κ3) is 3.40. The predicted octanol–water partition coefficient (Wildman–Crippen LogP) is 2.73. The van der Waals surface area contributed by atoms with E-state index in [-0.39, 0.29) is 23.0 Å². The fraction of sp³-hybridized carbons (Fsp3) is 0.200. The Morgan fingerprint density at radius 1 is 1.23 bits per heavy atom. The second-order valence-electron chi connectivity index (χ2n) is 4.28. The minimum atomic E-state index is -0.678. The summed E-state index contributed by atoms with van der Waals surface area (Å²) in [6, 6.07) is 6.11. The number of H-pyrrole nitrogens is 1. The summed E-state index contributed by atoms with van der Waals surface area (Å²) in [7, 11) is 2.87. The van der Waals surface area contributed by atoms with Crippen molar-refractivity contribution in [3.05, 3.63) is 46.7 Å². The van der Waals surface area contributed by atoms with Gasteiger partial charge in [-0.2, -0.15) is 0 Å². The Bertz CT molecular complexity index is 681. The summed E-state index contributed by atoms with van der Waals surface area (Å²) >= 11 is 6.02. The Balaban J connectivity index is 2.10. The highest BCUT2D eigenvalue weighted by molar-refractivity contribution is 6.32. The second kappa shape index (κ2) is 7.00. The van der Waals surface area contributed by atoms with E-state index in [1.54, 1.807) is 18.3 Å². The molecule has 1 N–H and O–H groups in total. The van der Waals surface area contributed by atoms with Crippen LogP contribution in [0.25, 0.3) is 0 Å². The van der Waals surface area contributed by atoms with Gasteiger partial charge in [0.05, 0.1) is 30.5 Å². The molecule has 0 fully saturated rings. The minimum Gasteiger partial charge on any atom is -0.493 e. The zero-order valence-electron chi connectivity index (χ0n) is 12.0. The summed E-state index contributed by atoms with van der Waals surface area (Å²) in [4.78, 5) is 26.5. The van der Waals surface area contributed by atoms with E-state index in [0.29, 0.717) is 17.2 Å². The van der Waals surface area contributed by atoms with E-state index in [1.165, 1.54) is 26.4 Å². The zero-order chi connectivity index (χ0) is 16.1. The number of aromatic nitrogens is 1. The van der Waals surface area contributed by atoms with Crippen molar-refractivity contribution in [2.45, 2.75) is 0 Å². The van der Waals surface area contributed by atoms with Crippen LogP contribution >= 0.6 is 11.6 Å². The molecule has 0 atom stereocenters. The molecular weight excluding hydrogens is 310 g/mol. The number of esters is 1. The van der Waals surface area contributed by atoms with Gasteiger partial charge in [-0.3, -0.25) is 4.79 Å². The highest BCUT2D eigenvalue weighted by Gasteiger charge is 2.17. The predicted molar refractivity (Wildman–Crippen MR) is 80.0 cm³/mol. The van der Waals surface area contributed by atoms with Gasteiger partial charge < -0.3 is 19.2 Å². The molecule has 1 heterocycles. The average molecular weight is 324 g/mol. The molecule has 0 bridgehead atoms. The molecule has 2 aromatic rings. The van der Waals surface area contributed by atoms with Crippen molar-refractivity contribution < 1.29 is 23.8 Å². The van der Waals surface area contributed by atoms with Crippen LogP contribution in [0, 0.1) is 0 Å². The maximum Gasteiger partial charge on any atom is 0.338 e. The minimum absolute atomic E-state index is 0.168. The van der Waals surface area contributed by atoms with Crippen LogP contribution in [0.3, 0.4) is 0 Å². The van der Waals surface area contributed by atoms with Crippen molar-refractivity contribution in [1.29, 1.82) is 0 Å². The van der Waals surface area contributed by atoms with Crippen LogP contribution in [-0.2, 0) is 4.74 Å². The first-order valence-electron chi connectivity index (χ1n) is 6.32. The summed E-state index contributed by atoms with van der Waals surface area (Å²) in [5.41, 5.74) is 0.542. The van der Waals surface area contributed by atoms with Crippen molar-refractivity contribution in [2.24, 2.45) is 0 Å². The zero-order valence-corrected chi connectivity index (χ0v) is 12.8. The van der Waals surface area contributed by atoms with Crippen LogP contribution in [0.4, 0.5) is 0 Å². The maximum atomic E-state index is 12.0. The lowest BCUT2D eigenvalue weighted by Gasteiger charge is -2.11. The van der Waals surface area contributed by atoms with E-state index in [0.717, 1.165) is 0 Å². The van der Waals surface area contributed by atoms with Gasteiger partial charge >= 0.3 is 5.97 Å². The lowest BCUT2D eigenvalue weighted by atomic mass is 10.2. The molecule has 116 valence electrons. The number of hydrogen-bond acceptors (Lipinski definition) is 5. The molecule has 0 radical (unpaired) electrons. The topological polar surface area (TPSA) is 77.6 Å². The molecular formula is C15H14ClNO5. The van der Waals surface area contributed by atoms with Crippen LogP contribution in [-0.4, -0.2) is 37.6 Å². The molecule has 0 spiro atoms. The van der Waals surface area contributed by atoms with Crippen molar-refractivity contribution in [1.82, 2.24) is 4.98 Å². The van der Waals surface area contributed by atoms with E-state index in [4.69, 9.17) is 25.8 Å². The Hall–Kier alpha value is -2.47. The molecule has 0 saturated carbocycles. The number of nitrogens with one attached hydrogen (secondary N) is 1. The van der Waals surface area contributed by atoms with E-state index in [9.17, 15) is 9.59 Å². The summed E-state index contributed by atoms with van der Waals surface area (Å²) in [6.07, 6.45) is 1.61. The van der Waals surface area contributed by atoms with Gasteiger partial charge in [-0.15, -0.1) is 0 Å². The van der Waals surface area contributed by atoms with Gasteiger partial charge in [0.2, 0.25) is 5.78 Å². The number of benzene rings is 1. The van der Waals surface area contributed by atoms with Gasteiger partial charge in [-0.05, 0) is 24.3 Å². The molecule has 6 nitrogen and oxygen atoms in total. The lowest BCUT2D eigenvalue weighted by Crippen LogP contribution is -2.14. The lowest BCUT2D eigenvalue weighted by molar-refractivity contribution is 0.0473. The van der Waals surface area contributed by atoms with Crippen molar-refractivity contribution in [3.8, 4) is 11.5 Å². The van der Waals surface area contributed by atoms with Crippen LogP contribution < -0.4 is 9.47 Å². The SMILES string of the molecule is COc1cc(C(=O)OCC(=O)c2ccc[nH]2)cc(Cl)c1OC. The normalized spacial score (nSPS) is 10.1. The molecule has 2 rings (SSSR count). The third-order valence-corrected chi connectivity index (χ3v) is 3.18. The third-order valence-electron chi connectivity index (χ3n) is 2.90. The van der Waals surface area contributed by atoms with Crippen molar-refractivity contribution in [2.75, 3.05) is 20.8 Å². The molecule has 1 aromatic heterocycles. The fourth-order valence-electron chi connectivity index (χ4n) is 1.83. The Kier molecular flexibility index (Phi) is 5.06. The van der Waals surface area contributed by atoms with Gasteiger partial charge in [0, 0.05) is 6.20 Å². The number of hydrogen-bond donors (Lipinski definition) is 1. The van der Waals surface area contributed by atoms with Crippen LogP contribution in [0.5, 0.6) is 11.5 Å². The first-order chi connectivity index (χ1) is 10.6. The van der Waals surface area contributed by atoms with Gasteiger partial charge in [-0.1, -0.05) is 11.6 Å². The van der Waals surface area contributed by atoms with Crippen molar-refractivity contribution in [3.63, 3.8) is 0 Å². The Morgan fingerprint density at radius 2 is 2.00 bits per heavy atom. The van der Waals surface area contributed by atoms with E-state index in [2.05, 4.69) is 4.98 Å².